The van der Waals surface area contributed by atoms with E-state index in [1.165, 1.54) is 11.1 Å². The second-order valence-electron chi connectivity index (χ2n) is 7.32. The van der Waals surface area contributed by atoms with Crippen LogP contribution in [0, 0.1) is 0 Å². The molecular formula is C22H25N5O. The summed E-state index contributed by atoms with van der Waals surface area (Å²) in [7, 11) is 0. The number of nitrogens with zero attached hydrogens (tertiary/aromatic N) is 2. The van der Waals surface area contributed by atoms with Crippen molar-refractivity contribution in [3.05, 3.63) is 77.6 Å². The monoisotopic (exact) mass is 375 g/mol. The Morgan fingerprint density at radius 3 is 2.57 bits per heavy atom. The predicted molar refractivity (Wildman–Crippen MR) is 111 cm³/mol. The third kappa shape index (κ3) is 4.23. The Bertz CT molecular complexity index is 912. The minimum atomic E-state index is -0.139. The van der Waals surface area contributed by atoms with Crippen molar-refractivity contribution in [2.24, 2.45) is 0 Å². The number of nitrogens with one attached hydrogen (secondary N) is 2. The zero-order valence-electron chi connectivity index (χ0n) is 15.8. The van der Waals surface area contributed by atoms with E-state index in [4.69, 9.17) is 5.73 Å². The number of nitrogens with two attached hydrogens (primary N) is 1. The molecule has 1 aliphatic heterocycles. The summed E-state index contributed by atoms with van der Waals surface area (Å²) in [5.41, 5.74) is 10.3. The SMILES string of the molecule is Nc1ccccc1NC(=O)c1ccc(C2CCN(Cc3cn[nH]c3)CC2)cc1. The summed E-state index contributed by atoms with van der Waals surface area (Å²) in [6.07, 6.45) is 6.10. The number of nitrogen functional groups attached to an aromatic ring is 1. The molecule has 1 aliphatic rings. The number of likely N-dealkylation sites (tertiary alicyclic amines) is 1. The average molecular weight is 375 g/mol. The molecule has 1 aromatic heterocycles. The molecule has 0 atom stereocenters. The van der Waals surface area contributed by atoms with Crippen LogP contribution in [0.4, 0.5) is 11.4 Å². The maximum atomic E-state index is 12.5. The van der Waals surface area contributed by atoms with E-state index in [0.29, 0.717) is 22.9 Å². The van der Waals surface area contributed by atoms with Crippen LogP contribution in [0.2, 0.25) is 0 Å². The Morgan fingerprint density at radius 2 is 1.89 bits per heavy atom. The van der Waals surface area contributed by atoms with E-state index in [9.17, 15) is 4.79 Å². The summed E-state index contributed by atoms with van der Waals surface area (Å²) >= 11 is 0. The number of rotatable bonds is 5. The summed E-state index contributed by atoms with van der Waals surface area (Å²) in [4.78, 5) is 14.9. The number of carbonyl (C=O) groups is 1. The topological polar surface area (TPSA) is 87.0 Å². The molecule has 2 aromatic carbocycles. The highest BCUT2D eigenvalue weighted by atomic mass is 16.1. The van der Waals surface area contributed by atoms with Crippen LogP contribution >= 0.6 is 0 Å². The van der Waals surface area contributed by atoms with Gasteiger partial charge in [-0.3, -0.25) is 14.8 Å². The number of H-pyrrole nitrogens is 1. The molecular weight excluding hydrogens is 350 g/mol. The van der Waals surface area contributed by atoms with Crippen LogP contribution in [0.25, 0.3) is 0 Å². The van der Waals surface area contributed by atoms with E-state index >= 15 is 0 Å². The molecule has 0 spiro atoms. The summed E-state index contributed by atoms with van der Waals surface area (Å²) in [5, 5.41) is 9.76. The second-order valence-corrected chi connectivity index (χ2v) is 7.32. The highest BCUT2D eigenvalue weighted by Crippen LogP contribution is 2.29. The molecule has 144 valence electrons. The van der Waals surface area contributed by atoms with E-state index in [0.717, 1.165) is 32.5 Å². The molecule has 2 heterocycles. The lowest BCUT2D eigenvalue weighted by Crippen LogP contribution is -2.32. The van der Waals surface area contributed by atoms with Crippen molar-refractivity contribution in [3.63, 3.8) is 0 Å². The van der Waals surface area contributed by atoms with Crippen LogP contribution in [0.3, 0.4) is 0 Å². The lowest BCUT2D eigenvalue weighted by Gasteiger charge is -2.32. The quantitative estimate of drug-likeness (QED) is 0.595. The zero-order valence-corrected chi connectivity index (χ0v) is 15.8. The largest absolute Gasteiger partial charge is 0.397 e. The first-order valence-electron chi connectivity index (χ1n) is 9.65. The first-order valence-corrected chi connectivity index (χ1v) is 9.65. The summed E-state index contributed by atoms with van der Waals surface area (Å²) in [6.45, 7) is 3.10. The Hall–Kier alpha value is -3.12. The maximum absolute atomic E-state index is 12.5. The number of aromatic amines is 1. The Morgan fingerprint density at radius 1 is 1.14 bits per heavy atom. The minimum Gasteiger partial charge on any atom is -0.397 e. The van der Waals surface area contributed by atoms with Crippen molar-refractivity contribution < 1.29 is 4.79 Å². The second kappa shape index (κ2) is 8.27. The molecule has 1 fully saturated rings. The van der Waals surface area contributed by atoms with Crippen LogP contribution in [0.1, 0.15) is 40.2 Å². The van der Waals surface area contributed by atoms with E-state index in [1.54, 1.807) is 12.1 Å². The average Bonchev–Trinajstić information content (AvgIpc) is 3.23. The molecule has 28 heavy (non-hydrogen) atoms. The number of piperidine rings is 1. The maximum Gasteiger partial charge on any atom is 0.255 e. The molecule has 0 saturated carbocycles. The molecule has 1 amide bonds. The molecule has 0 aliphatic carbocycles. The number of anilines is 2. The van der Waals surface area contributed by atoms with Gasteiger partial charge in [-0.2, -0.15) is 5.10 Å². The van der Waals surface area contributed by atoms with Crippen molar-refractivity contribution in [1.82, 2.24) is 15.1 Å². The highest BCUT2D eigenvalue weighted by molar-refractivity contribution is 6.05. The number of benzene rings is 2. The summed E-state index contributed by atoms with van der Waals surface area (Å²) in [5.74, 6) is 0.405. The number of aromatic nitrogens is 2. The van der Waals surface area contributed by atoms with Crippen molar-refractivity contribution in [1.29, 1.82) is 0 Å². The Labute approximate surface area is 164 Å². The number of amides is 1. The fourth-order valence-corrected chi connectivity index (χ4v) is 3.76. The van der Waals surface area contributed by atoms with Gasteiger partial charge in [0.15, 0.2) is 0 Å². The van der Waals surface area contributed by atoms with Crippen molar-refractivity contribution in [2.45, 2.75) is 25.3 Å². The van der Waals surface area contributed by atoms with Gasteiger partial charge in [0.05, 0.1) is 17.6 Å². The molecule has 6 nitrogen and oxygen atoms in total. The molecule has 4 N–H and O–H groups in total. The fourth-order valence-electron chi connectivity index (χ4n) is 3.76. The van der Waals surface area contributed by atoms with Crippen LogP contribution in [0.15, 0.2) is 60.9 Å². The van der Waals surface area contributed by atoms with Gasteiger partial charge in [-0.25, -0.2) is 0 Å². The molecule has 3 aromatic rings. The van der Waals surface area contributed by atoms with E-state index in [1.807, 2.05) is 36.7 Å². The Kier molecular flexibility index (Phi) is 5.39. The van der Waals surface area contributed by atoms with Gasteiger partial charge in [0.1, 0.15) is 0 Å². The van der Waals surface area contributed by atoms with Crippen LogP contribution in [-0.4, -0.2) is 34.1 Å². The van der Waals surface area contributed by atoms with Gasteiger partial charge < -0.3 is 11.1 Å². The number of hydrogen-bond acceptors (Lipinski definition) is 4. The standard InChI is InChI=1S/C22H25N5O/c23-20-3-1-2-4-21(20)26-22(28)19-7-5-17(6-8-19)18-9-11-27(12-10-18)15-16-13-24-25-14-16/h1-8,13-14,18H,9-12,15,23H2,(H,24,25)(H,26,28). The van der Waals surface area contributed by atoms with Crippen LogP contribution in [0.5, 0.6) is 0 Å². The first-order chi connectivity index (χ1) is 13.7. The van der Waals surface area contributed by atoms with Gasteiger partial charge in [0.2, 0.25) is 0 Å². The van der Waals surface area contributed by atoms with Gasteiger partial charge in [0.25, 0.3) is 5.91 Å². The summed E-state index contributed by atoms with van der Waals surface area (Å²) in [6, 6.07) is 15.3. The van der Waals surface area contributed by atoms with Gasteiger partial charge in [0, 0.05) is 23.9 Å². The number of para-hydroxylation sites is 2. The summed E-state index contributed by atoms with van der Waals surface area (Å²) < 4.78 is 0. The van der Waals surface area contributed by atoms with E-state index in [2.05, 4.69) is 32.5 Å². The van der Waals surface area contributed by atoms with Crippen molar-refractivity contribution in [3.8, 4) is 0 Å². The predicted octanol–water partition coefficient (Wildman–Crippen LogP) is 3.62. The smallest absolute Gasteiger partial charge is 0.255 e. The number of hydrogen-bond donors (Lipinski definition) is 3. The van der Waals surface area contributed by atoms with Crippen molar-refractivity contribution in [2.75, 3.05) is 24.1 Å². The molecule has 6 heteroatoms. The third-order valence-electron chi connectivity index (χ3n) is 5.40. The van der Waals surface area contributed by atoms with Gasteiger partial charge in [-0.05, 0) is 61.7 Å². The third-order valence-corrected chi connectivity index (χ3v) is 5.40. The minimum absolute atomic E-state index is 0.139. The highest BCUT2D eigenvalue weighted by Gasteiger charge is 2.21. The first kappa shape index (κ1) is 18.3. The molecule has 4 rings (SSSR count). The lowest BCUT2D eigenvalue weighted by molar-refractivity contribution is 0.102. The van der Waals surface area contributed by atoms with E-state index < -0.39 is 0 Å². The van der Waals surface area contributed by atoms with E-state index in [-0.39, 0.29) is 5.91 Å². The van der Waals surface area contributed by atoms with Gasteiger partial charge in [-0.1, -0.05) is 24.3 Å². The zero-order chi connectivity index (χ0) is 19.3. The molecule has 0 bridgehead atoms. The molecule has 1 saturated heterocycles. The Balaban J connectivity index is 1.33. The van der Waals surface area contributed by atoms with Gasteiger partial charge >= 0.3 is 0 Å². The number of carbonyl (C=O) groups excluding carboxylic acids is 1. The normalized spacial score (nSPS) is 15.4. The van der Waals surface area contributed by atoms with Crippen molar-refractivity contribution >= 4 is 17.3 Å². The van der Waals surface area contributed by atoms with Gasteiger partial charge in [-0.15, -0.1) is 0 Å². The van der Waals surface area contributed by atoms with Crippen LogP contribution in [-0.2, 0) is 6.54 Å². The fraction of sp³-hybridized carbons (Fsp3) is 0.273. The van der Waals surface area contributed by atoms with Crippen LogP contribution < -0.4 is 11.1 Å². The molecule has 0 radical (unpaired) electrons. The lowest BCUT2D eigenvalue weighted by atomic mass is 9.89. The molecule has 0 unspecified atom stereocenters.